The first-order valence-electron chi connectivity index (χ1n) is 16.1. The molecule has 6 aromatic carbocycles. The minimum atomic E-state index is -4.45. The summed E-state index contributed by atoms with van der Waals surface area (Å²) < 4.78 is 77.6. The number of ether oxygens (including phenoxy) is 2. The van der Waals surface area contributed by atoms with Gasteiger partial charge in [0.25, 0.3) is 20.2 Å². The molecule has 0 aliphatic carbocycles. The van der Waals surface area contributed by atoms with E-state index in [1.165, 1.54) is 44.6 Å². The molecule has 0 atom stereocenters. The molecular formula is C38H33N5O9S2. The topological polar surface area (TPSA) is 206 Å². The number of azo groups is 2. The molecule has 0 aliphatic heterocycles. The van der Waals surface area contributed by atoms with Gasteiger partial charge in [0.15, 0.2) is 0 Å². The van der Waals surface area contributed by atoms with Crippen molar-refractivity contribution in [1.82, 2.24) is 0 Å². The molecule has 0 bridgehead atoms. The van der Waals surface area contributed by atoms with Gasteiger partial charge in [0, 0.05) is 28.5 Å². The van der Waals surface area contributed by atoms with Gasteiger partial charge in [0.1, 0.15) is 21.3 Å². The standard InChI is InChI=1S/C38H33N5O9S2/c1-22-15-26(34(51-3)20-31(22)42-41-28-12-11-24-7-5-10-37(30(24)19-28)54(48,49)50)18-38(44)39-33-16-23(2)32(21-35(33)52-4)43-40-27-13-14-29-25(17-27)8-6-9-36(29)53(45,46)47/h5-17,19-21H,18H2,1-4H3,(H,39,44)(H,45,46,47)(H,48,49,50). The fourth-order valence-corrected chi connectivity index (χ4v) is 7.28. The third-order valence-corrected chi connectivity index (χ3v) is 10.3. The molecule has 0 saturated heterocycles. The lowest BCUT2D eigenvalue weighted by Gasteiger charge is -2.14. The molecular weight excluding hydrogens is 735 g/mol. The molecule has 276 valence electrons. The number of carbonyl (C=O) groups is 1. The van der Waals surface area contributed by atoms with Gasteiger partial charge < -0.3 is 14.8 Å². The van der Waals surface area contributed by atoms with Gasteiger partial charge in [0.05, 0.1) is 49.1 Å². The third-order valence-electron chi connectivity index (χ3n) is 8.49. The Morgan fingerprint density at radius 2 is 1.19 bits per heavy atom. The Balaban J connectivity index is 1.18. The fourth-order valence-electron chi connectivity index (χ4n) is 5.86. The maximum atomic E-state index is 13.3. The van der Waals surface area contributed by atoms with Crippen molar-refractivity contribution in [1.29, 1.82) is 0 Å². The lowest BCUT2D eigenvalue weighted by Crippen LogP contribution is -2.16. The van der Waals surface area contributed by atoms with E-state index in [9.17, 15) is 30.7 Å². The number of rotatable bonds is 11. The molecule has 6 rings (SSSR count). The van der Waals surface area contributed by atoms with Gasteiger partial charge in [-0.25, -0.2) is 0 Å². The molecule has 3 N–H and O–H groups in total. The Morgan fingerprint density at radius 1 is 0.630 bits per heavy atom. The highest BCUT2D eigenvalue weighted by atomic mass is 32.2. The van der Waals surface area contributed by atoms with Crippen molar-refractivity contribution < 1.29 is 40.2 Å². The van der Waals surface area contributed by atoms with Gasteiger partial charge in [-0.2, -0.15) is 37.3 Å². The van der Waals surface area contributed by atoms with Crippen LogP contribution in [0.25, 0.3) is 21.5 Å². The number of hydrogen-bond acceptors (Lipinski definition) is 11. The van der Waals surface area contributed by atoms with Crippen molar-refractivity contribution in [2.75, 3.05) is 19.5 Å². The maximum Gasteiger partial charge on any atom is 0.295 e. The van der Waals surface area contributed by atoms with Crippen LogP contribution in [0.5, 0.6) is 11.5 Å². The Morgan fingerprint density at radius 3 is 1.81 bits per heavy atom. The average molecular weight is 768 g/mol. The summed E-state index contributed by atoms with van der Waals surface area (Å²) in [6, 6.07) is 25.5. The number of benzene rings is 6. The molecule has 0 aliphatic rings. The zero-order chi connectivity index (χ0) is 38.8. The van der Waals surface area contributed by atoms with Crippen LogP contribution in [0.2, 0.25) is 0 Å². The summed E-state index contributed by atoms with van der Waals surface area (Å²) in [5.41, 5.74) is 4.15. The van der Waals surface area contributed by atoms with Gasteiger partial charge in [-0.3, -0.25) is 13.9 Å². The molecule has 0 heterocycles. The van der Waals surface area contributed by atoms with Crippen LogP contribution < -0.4 is 14.8 Å². The van der Waals surface area contributed by atoms with E-state index in [1.807, 2.05) is 0 Å². The number of nitrogens with one attached hydrogen (secondary N) is 1. The van der Waals surface area contributed by atoms with E-state index in [2.05, 4.69) is 25.8 Å². The predicted molar refractivity (Wildman–Crippen MR) is 204 cm³/mol. The van der Waals surface area contributed by atoms with Crippen molar-refractivity contribution in [3.8, 4) is 11.5 Å². The van der Waals surface area contributed by atoms with Crippen molar-refractivity contribution in [3.63, 3.8) is 0 Å². The van der Waals surface area contributed by atoms with Crippen LogP contribution in [0.3, 0.4) is 0 Å². The van der Waals surface area contributed by atoms with Crippen LogP contribution in [-0.2, 0) is 31.5 Å². The van der Waals surface area contributed by atoms with Crippen LogP contribution in [0.15, 0.2) is 127 Å². The van der Waals surface area contributed by atoms with Gasteiger partial charge in [-0.05, 0) is 84.3 Å². The minimum absolute atomic E-state index is 0.0462. The molecule has 0 spiro atoms. The van der Waals surface area contributed by atoms with E-state index in [4.69, 9.17) is 9.47 Å². The summed E-state index contributed by atoms with van der Waals surface area (Å²) in [6.07, 6.45) is -0.0462. The van der Waals surface area contributed by atoms with Gasteiger partial charge >= 0.3 is 0 Å². The molecule has 14 nitrogen and oxygen atoms in total. The number of nitrogens with zero attached hydrogens (tertiary/aromatic N) is 4. The van der Waals surface area contributed by atoms with Crippen LogP contribution in [0, 0.1) is 13.8 Å². The molecule has 16 heteroatoms. The highest BCUT2D eigenvalue weighted by Gasteiger charge is 2.17. The maximum absolute atomic E-state index is 13.3. The van der Waals surface area contributed by atoms with Gasteiger partial charge in [-0.15, -0.1) is 0 Å². The van der Waals surface area contributed by atoms with Crippen molar-refractivity contribution >= 4 is 76.1 Å². The van der Waals surface area contributed by atoms with E-state index >= 15 is 0 Å². The van der Waals surface area contributed by atoms with E-state index in [0.717, 1.165) is 0 Å². The number of methoxy groups -OCH3 is 2. The van der Waals surface area contributed by atoms with E-state index in [1.54, 1.807) is 80.6 Å². The average Bonchev–Trinajstić information content (AvgIpc) is 3.12. The number of anilines is 1. The zero-order valence-electron chi connectivity index (χ0n) is 29.3. The van der Waals surface area contributed by atoms with Crippen LogP contribution in [0.4, 0.5) is 28.4 Å². The summed E-state index contributed by atoms with van der Waals surface area (Å²) in [7, 11) is -5.91. The van der Waals surface area contributed by atoms with Crippen LogP contribution in [-0.4, -0.2) is 46.1 Å². The second-order valence-electron chi connectivity index (χ2n) is 12.2. The third kappa shape index (κ3) is 8.26. The lowest BCUT2D eigenvalue weighted by atomic mass is 10.0. The SMILES string of the molecule is COc1cc(N=Nc2ccc3cccc(S(=O)(=O)O)c3c2)c(C)cc1CC(=O)Nc1cc(C)c(N=Nc2ccc3c(S(=O)(=O)O)cccc3c2)cc1OC. The molecule has 0 radical (unpaired) electrons. The number of carbonyl (C=O) groups excluding carboxylic acids is 1. The highest BCUT2D eigenvalue weighted by molar-refractivity contribution is 7.86. The number of hydrogen-bond donors (Lipinski definition) is 3. The smallest absolute Gasteiger partial charge is 0.295 e. The van der Waals surface area contributed by atoms with Crippen LogP contribution in [0.1, 0.15) is 16.7 Å². The Labute approximate surface area is 310 Å². The molecule has 6 aromatic rings. The first-order chi connectivity index (χ1) is 25.6. The van der Waals surface area contributed by atoms with E-state index < -0.39 is 20.2 Å². The second-order valence-corrected chi connectivity index (χ2v) is 15.0. The number of amides is 1. The Bertz CT molecular complexity index is 2750. The van der Waals surface area contributed by atoms with Gasteiger partial charge in [0.2, 0.25) is 5.91 Å². The second kappa shape index (κ2) is 15.1. The Hall–Kier alpha value is -6.07. The normalized spacial score (nSPS) is 12.2. The molecule has 54 heavy (non-hydrogen) atoms. The highest BCUT2D eigenvalue weighted by Crippen LogP contribution is 2.36. The monoisotopic (exact) mass is 767 g/mol. The lowest BCUT2D eigenvalue weighted by molar-refractivity contribution is -0.115. The molecule has 0 fully saturated rings. The summed E-state index contributed by atoms with van der Waals surface area (Å²) in [5.74, 6) is 0.398. The summed E-state index contributed by atoms with van der Waals surface area (Å²) in [6.45, 7) is 3.60. The molecule has 1 amide bonds. The van der Waals surface area contributed by atoms with Crippen LogP contribution >= 0.6 is 0 Å². The van der Waals surface area contributed by atoms with Crippen molar-refractivity contribution in [2.45, 2.75) is 30.1 Å². The largest absolute Gasteiger partial charge is 0.496 e. The van der Waals surface area contributed by atoms with Crippen molar-refractivity contribution in [2.24, 2.45) is 20.5 Å². The molecule has 0 unspecified atom stereocenters. The quantitative estimate of drug-likeness (QED) is 0.0847. The summed E-state index contributed by atoms with van der Waals surface area (Å²) in [5, 5.41) is 22.0. The fraction of sp³-hybridized carbons (Fsp3) is 0.132. The number of fused-ring (bicyclic) bond motifs is 2. The van der Waals surface area contributed by atoms with Gasteiger partial charge in [-0.1, -0.05) is 36.4 Å². The first kappa shape index (κ1) is 37.7. The molecule has 0 aromatic heterocycles. The first-order valence-corrected chi connectivity index (χ1v) is 19.0. The molecule has 0 saturated carbocycles. The van der Waals surface area contributed by atoms with E-state index in [-0.39, 0.29) is 22.1 Å². The predicted octanol–water partition coefficient (Wildman–Crippen LogP) is 9.13. The zero-order valence-corrected chi connectivity index (χ0v) is 30.9. The Kier molecular flexibility index (Phi) is 10.5. The summed E-state index contributed by atoms with van der Waals surface area (Å²) >= 11 is 0. The minimum Gasteiger partial charge on any atom is -0.496 e. The van der Waals surface area contributed by atoms with Crippen molar-refractivity contribution in [3.05, 3.63) is 114 Å². The van der Waals surface area contributed by atoms with E-state index in [0.29, 0.717) is 78.2 Å². The summed E-state index contributed by atoms with van der Waals surface area (Å²) in [4.78, 5) is 12.9. The number of aryl methyl sites for hydroxylation is 2.